The van der Waals surface area contributed by atoms with E-state index in [1.807, 2.05) is 6.20 Å². The molecule has 1 atom stereocenters. The molecule has 1 aliphatic heterocycles. The van der Waals surface area contributed by atoms with Crippen molar-refractivity contribution in [1.29, 1.82) is 0 Å². The molecular weight excluding hydrogens is 274 g/mol. The second-order valence-electron chi connectivity index (χ2n) is 6.35. The van der Waals surface area contributed by atoms with Crippen molar-refractivity contribution in [2.75, 3.05) is 43.4 Å². The Bertz CT molecular complexity index is 365. The Kier molecular flexibility index (Phi) is 5.15. The largest absolute Gasteiger partial charge is 0.346 e. The molecule has 1 aromatic heterocycles. The van der Waals surface area contributed by atoms with Crippen LogP contribution in [-0.2, 0) is 0 Å². The summed E-state index contributed by atoms with van der Waals surface area (Å²) in [6.07, 6.45) is 1.89. The Hall–Kier alpha value is -0.260. The molecule has 1 fully saturated rings. The lowest BCUT2D eigenvalue weighted by molar-refractivity contribution is 0.159. The van der Waals surface area contributed by atoms with Crippen LogP contribution in [0.15, 0.2) is 11.6 Å². The summed E-state index contributed by atoms with van der Waals surface area (Å²) in [4.78, 5) is 9.37. The molecule has 0 aromatic carbocycles. The second kappa shape index (κ2) is 6.46. The van der Waals surface area contributed by atoms with Gasteiger partial charge in [0.2, 0.25) is 0 Å². The zero-order valence-corrected chi connectivity index (χ0v) is 13.9. The standard InChI is InChI=1S/C14H25N3S2/c1-14(2,3)12(11-18)10-16-5-7-17(8-6-16)13-15-4-9-19-13/h4,9,12,18H,5-8,10-11H2,1-3H3. The smallest absolute Gasteiger partial charge is 0.185 e. The minimum atomic E-state index is 0.341. The third kappa shape index (κ3) is 4.10. The summed E-state index contributed by atoms with van der Waals surface area (Å²) in [7, 11) is 0. The van der Waals surface area contributed by atoms with Crippen LogP contribution in [0.5, 0.6) is 0 Å². The van der Waals surface area contributed by atoms with Gasteiger partial charge in [-0.2, -0.15) is 12.6 Å². The Morgan fingerprint density at radius 1 is 1.32 bits per heavy atom. The van der Waals surface area contributed by atoms with E-state index in [1.54, 1.807) is 11.3 Å². The molecule has 108 valence electrons. The molecule has 0 N–H and O–H groups in total. The molecule has 2 heterocycles. The van der Waals surface area contributed by atoms with Gasteiger partial charge in [0.1, 0.15) is 0 Å². The van der Waals surface area contributed by atoms with E-state index in [4.69, 9.17) is 0 Å². The highest BCUT2D eigenvalue weighted by atomic mass is 32.1. The van der Waals surface area contributed by atoms with Crippen LogP contribution in [0.2, 0.25) is 0 Å². The van der Waals surface area contributed by atoms with E-state index in [0.29, 0.717) is 11.3 Å². The molecule has 1 aliphatic rings. The van der Waals surface area contributed by atoms with E-state index in [1.165, 1.54) is 11.7 Å². The number of rotatable bonds is 4. The first-order valence-corrected chi connectivity index (χ1v) is 8.49. The first-order chi connectivity index (χ1) is 9.00. The van der Waals surface area contributed by atoms with Crippen LogP contribution in [0.3, 0.4) is 0 Å². The van der Waals surface area contributed by atoms with Crippen molar-refractivity contribution in [3.05, 3.63) is 11.6 Å². The summed E-state index contributed by atoms with van der Waals surface area (Å²) in [5.74, 6) is 1.62. The molecule has 1 unspecified atom stereocenters. The SMILES string of the molecule is CC(C)(C)C(CS)CN1CCN(c2nccs2)CC1. The predicted octanol–water partition coefficient (Wildman–Crippen LogP) is 2.86. The van der Waals surface area contributed by atoms with Crippen molar-refractivity contribution >= 4 is 29.1 Å². The minimum Gasteiger partial charge on any atom is -0.346 e. The summed E-state index contributed by atoms with van der Waals surface area (Å²) in [6.45, 7) is 12.6. The molecule has 3 nitrogen and oxygen atoms in total. The summed E-state index contributed by atoms with van der Waals surface area (Å²) in [5.41, 5.74) is 0.341. The maximum absolute atomic E-state index is 4.53. The number of hydrogen-bond acceptors (Lipinski definition) is 5. The first-order valence-electron chi connectivity index (χ1n) is 6.98. The van der Waals surface area contributed by atoms with Crippen molar-refractivity contribution in [2.24, 2.45) is 11.3 Å². The molecule has 0 aliphatic carbocycles. The molecule has 0 radical (unpaired) electrons. The highest BCUT2D eigenvalue weighted by Crippen LogP contribution is 2.28. The van der Waals surface area contributed by atoms with Crippen LogP contribution in [0.1, 0.15) is 20.8 Å². The van der Waals surface area contributed by atoms with Crippen molar-refractivity contribution in [3.8, 4) is 0 Å². The Morgan fingerprint density at radius 3 is 2.47 bits per heavy atom. The lowest BCUT2D eigenvalue weighted by Gasteiger charge is -2.39. The van der Waals surface area contributed by atoms with Crippen LogP contribution < -0.4 is 4.90 Å². The van der Waals surface area contributed by atoms with Crippen LogP contribution in [0.25, 0.3) is 0 Å². The van der Waals surface area contributed by atoms with Crippen LogP contribution >= 0.6 is 24.0 Å². The third-order valence-electron chi connectivity index (χ3n) is 3.99. The van der Waals surface area contributed by atoms with E-state index in [2.05, 4.69) is 53.6 Å². The molecule has 0 bridgehead atoms. The normalized spacial score (nSPS) is 19.7. The average Bonchev–Trinajstić information content (AvgIpc) is 2.89. The number of hydrogen-bond donors (Lipinski definition) is 1. The Labute approximate surface area is 126 Å². The van der Waals surface area contributed by atoms with E-state index in [9.17, 15) is 0 Å². The van der Waals surface area contributed by atoms with Gasteiger partial charge in [-0.25, -0.2) is 4.98 Å². The number of thiazole rings is 1. The summed E-state index contributed by atoms with van der Waals surface area (Å²) >= 11 is 6.27. The van der Waals surface area contributed by atoms with Gasteiger partial charge in [0.25, 0.3) is 0 Å². The molecule has 0 spiro atoms. The van der Waals surface area contributed by atoms with Crippen LogP contribution in [0, 0.1) is 11.3 Å². The van der Waals surface area contributed by atoms with Crippen LogP contribution in [0.4, 0.5) is 5.13 Å². The van der Waals surface area contributed by atoms with Crippen molar-refractivity contribution in [2.45, 2.75) is 20.8 Å². The van der Waals surface area contributed by atoms with Gasteiger partial charge < -0.3 is 4.90 Å². The summed E-state index contributed by atoms with van der Waals surface area (Å²) < 4.78 is 0. The van der Waals surface area contributed by atoms with Gasteiger partial charge in [0.05, 0.1) is 0 Å². The predicted molar refractivity (Wildman–Crippen MR) is 87.6 cm³/mol. The highest BCUT2D eigenvalue weighted by Gasteiger charge is 2.27. The third-order valence-corrected chi connectivity index (χ3v) is 5.26. The summed E-state index contributed by atoms with van der Waals surface area (Å²) in [6, 6.07) is 0. The highest BCUT2D eigenvalue weighted by molar-refractivity contribution is 7.80. The minimum absolute atomic E-state index is 0.341. The molecule has 1 saturated heterocycles. The molecule has 1 aromatic rings. The Morgan fingerprint density at radius 2 is 2.00 bits per heavy atom. The zero-order valence-electron chi connectivity index (χ0n) is 12.2. The van der Waals surface area contributed by atoms with Gasteiger partial charge in [-0.05, 0) is 17.1 Å². The topological polar surface area (TPSA) is 19.4 Å². The molecule has 0 saturated carbocycles. The van der Waals surface area contributed by atoms with Gasteiger partial charge in [-0.3, -0.25) is 4.90 Å². The lowest BCUT2D eigenvalue weighted by Crippen LogP contribution is -2.49. The first kappa shape index (κ1) is 15.1. The molecule has 2 rings (SSSR count). The van der Waals surface area contributed by atoms with Crippen molar-refractivity contribution in [1.82, 2.24) is 9.88 Å². The number of aromatic nitrogens is 1. The summed E-state index contributed by atoms with van der Waals surface area (Å²) in [5, 5.41) is 3.22. The number of anilines is 1. The number of nitrogens with zero attached hydrogens (tertiary/aromatic N) is 3. The monoisotopic (exact) mass is 299 g/mol. The fourth-order valence-corrected chi connectivity index (χ4v) is 3.77. The quantitative estimate of drug-likeness (QED) is 0.863. The van der Waals surface area contributed by atoms with E-state index in [0.717, 1.165) is 31.9 Å². The van der Waals surface area contributed by atoms with Gasteiger partial charge in [0.15, 0.2) is 5.13 Å². The molecule has 0 amide bonds. The lowest BCUT2D eigenvalue weighted by atomic mass is 9.81. The zero-order chi connectivity index (χ0) is 13.9. The molecule has 19 heavy (non-hydrogen) atoms. The number of piperazine rings is 1. The average molecular weight is 300 g/mol. The number of thiol groups is 1. The van der Waals surface area contributed by atoms with Gasteiger partial charge >= 0.3 is 0 Å². The van der Waals surface area contributed by atoms with Crippen LogP contribution in [-0.4, -0.2) is 48.4 Å². The van der Waals surface area contributed by atoms with Crippen molar-refractivity contribution < 1.29 is 0 Å². The molecule has 5 heteroatoms. The maximum Gasteiger partial charge on any atom is 0.185 e. The maximum atomic E-state index is 4.53. The fraction of sp³-hybridized carbons (Fsp3) is 0.786. The van der Waals surface area contributed by atoms with E-state index in [-0.39, 0.29) is 0 Å². The van der Waals surface area contributed by atoms with Gasteiger partial charge in [0, 0.05) is 44.3 Å². The fourth-order valence-electron chi connectivity index (χ4n) is 2.41. The second-order valence-corrected chi connectivity index (χ2v) is 7.59. The van der Waals surface area contributed by atoms with Gasteiger partial charge in [-0.1, -0.05) is 20.8 Å². The molecular formula is C14H25N3S2. The van der Waals surface area contributed by atoms with E-state index >= 15 is 0 Å². The Balaban J connectivity index is 1.83. The van der Waals surface area contributed by atoms with E-state index < -0.39 is 0 Å². The van der Waals surface area contributed by atoms with Gasteiger partial charge in [-0.15, -0.1) is 11.3 Å². The van der Waals surface area contributed by atoms with Crippen molar-refractivity contribution in [3.63, 3.8) is 0 Å².